The van der Waals surface area contributed by atoms with Crippen LogP contribution in [0.3, 0.4) is 0 Å². The maximum absolute atomic E-state index is 12.6. The predicted octanol–water partition coefficient (Wildman–Crippen LogP) is 7.80. The molecule has 2 unspecified atom stereocenters. The Kier molecular flexibility index (Phi) is 15.0. The molecule has 0 spiro atoms. The summed E-state index contributed by atoms with van der Waals surface area (Å²) in [6.07, 6.45) is 21.3. The summed E-state index contributed by atoms with van der Waals surface area (Å²) in [6.45, 7) is 4.89. The van der Waals surface area contributed by atoms with E-state index in [4.69, 9.17) is 0 Å². The minimum absolute atomic E-state index is 0.0595. The minimum Gasteiger partial charge on any atom is -0.465 e. The number of carbonyl (C=O) groups excluding carboxylic acids is 1. The Labute approximate surface area is 179 Å². The number of rotatable bonds is 18. The highest BCUT2D eigenvalue weighted by Crippen LogP contribution is 2.33. The first-order chi connectivity index (χ1) is 14.1. The van der Waals surface area contributed by atoms with Crippen LogP contribution in [0.2, 0.25) is 0 Å². The van der Waals surface area contributed by atoms with E-state index < -0.39 is 6.09 Å². The van der Waals surface area contributed by atoms with Crippen LogP contribution in [0.15, 0.2) is 0 Å². The number of likely N-dealkylation sites (tertiary alicyclic amines) is 1. The van der Waals surface area contributed by atoms with Crippen molar-refractivity contribution in [3.63, 3.8) is 0 Å². The van der Waals surface area contributed by atoms with E-state index in [0.717, 1.165) is 24.2 Å². The number of nitrogens with zero attached hydrogens (tertiary/aromatic N) is 1. The summed E-state index contributed by atoms with van der Waals surface area (Å²) in [4.78, 5) is 24.9. The van der Waals surface area contributed by atoms with E-state index in [1.165, 1.54) is 96.3 Å². The topological polar surface area (TPSA) is 57.6 Å². The van der Waals surface area contributed by atoms with Crippen molar-refractivity contribution in [1.82, 2.24) is 4.90 Å². The highest BCUT2D eigenvalue weighted by atomic mass is 16.4. The summed E-state index contributed by atoms with van der Waals surface area (Å²) < 4.78 is 0. The fraction of sp³-hybridized carbons (Fsp3) is 0.920. The molecule has 0 aromatic carbocycles. The largest absolute Gasteiger partial charge is 0.465 e. The molecule has 1 saturated heterocycles. The van der Waals surface area contributed by atoms with Gasteiger partial charge in [0.1, 0.15) is 0 Å². The van der Waals surface area contributed by atoms with Gasteiger partial charge in [-0.25, -0.2) is 9.69 Å². The number of unbranched alkanes of at least 4 members (excludes halogenated alkanes) is 13. The third-order valence-corrected chi connectivity index (χ3v) is 6.65. The lowest BCUT2D eigenvalue weighted by atomic mass is 9.82. The quantitative estimate of drug-likeness (QED) is 0.235. The SMILES string of the molecule is CCCCCCCCCCCC(CCCCCCCC)C1CCN(C(=O)O)C1=O. The molecular formula is C25H47NO3. The predicted molar refractivity (Wildman–Crippen MR) is 121 cm³/mol. The molecule has 1 aliphatic heterocycles. The lowest BCUT2D eigenvalue weighted by Gasteiger charge is -2.22. The first kappa shape index (κ1) is 26.0. The maximum Gasteiger partial charge on any atom is 0.414 e. The Morgan fingerprint density at radius 3 is 1.62 bits per heavy atom. The van der Waals surface area contributed by atoms with E-state index in [1.54, 1.807) is 0 Å². The second-order valence-electron chi connectivity index (χ2n) is 9.10. The Morgan fingerprint density at radius 1 is 0.828 bits per heavy atom. The van der Waals surface area contributed by atoms with Gasteiger partial charge in [-0.15, -0.1) is 0 Å². The number of hydrogen-bond acceptors (Lipinski definition) is 2. The smallest absolute Gasteiger partial charge is 0.414 e. The number of amides is 2. The first-order valence-electron chi connectivity index (χ1n) is 12.7. The van der Waals surface area contributed by atoms with E-state index in [2.05, 4.69) is 13.8 Å². The molecule has 1 heterocycles. The molecule has 0 aromatic heterocycles. The average molecular weight is 410 g/mol. The second kappa shape index (κ2) is 16.7. The zero-order chi connectivity index (χ0) is 21.3. The summed E-state index contributed by atoms with van der Waals surface area (Å²) >= 11 is 0. The summed E-state index contributed by atoms with van der Waals surface area (Å²) in [6, 6.07) is 0. The van der Waals surface area contributed by atoms with Gasteiger partial charge in [0.25, 0.3) is 0 Å². The zero-order valence-corrected chi connectivity index (χ0v) is 19.3. The average Bonchev–Trinajstić information content (AvgIpc) is 3.09. The van der Waals surface area contributed by atoms with E-state index in [1.807, 2.05) is 0 Å². The monoisotopic (exact) mass is 409 g/mol. The van der Waals surface area contributed by atoms with Gasteiger partial charge >= 0.3 is 6.09 Å². The summed E-state index contributed by atoms with van der Waals surface area (Å²) in [5.41, 5.74) is 0. The van der Waals surface area contributed by atoms with Crippen LogP contribution in [-0.4, -0.2) is 28.6 Å². The molecule has 0 aliphatic carbocycles. The van der Waals surface area contributed by atoms with Crippen LogP contribution >= 0.6 is 0 Å². The van der Waals surface area contributed by atoms with Crippen molar-refractivity contribution in [3.8, 4) is 0 Å². The molecule has 1 aliphatic rings. The van der Waals surface area contributed by atoms with E-state index in [0.29, 0.717) is 12.5 Å². The van der Waals surface area contributed by atoms with Crippen LogP contribution in [0.4, 0.5) is 4.79 Å². The van der Waals surface area contributed by atoms with E-state index in [-0.39, 0.29) is 11.8 Å². The van der Waals surface area contributed by atoms with Crippen molar-refractivity contribution in [2.75, 3.05) is 6.54 Å². The molecule has 1 rings (SSSR count). The number of carbonyl (C=O) groups is 2. The van der Waals surface area contributed by atoms with Gasteiger partial charge in [0.2, 0.25) is 5.91 Å². The van der Waals surface area contributed by atoms with E-state index >= 15 is 0 Å². The number of carboxylic acid groups (broad SMARTS) is 1. The Balaban J connectivity index is 2.33. The summed E-state index contributed by atoms with van der Waals surface area (Å²) in [5.74, 6) is 0.183. The van der Waals surface area contributed by atoms with Gasteiger partial charge < -0.3 is 5.11 Å². The third-order valence-electron chi connectivity index (χ3n) is 6.65. The van der Waals surface area contributed by atoms with Gasteiger partial charge in [0.15, 0.2) is 0 Å². The molecule has 0 bridgehead atoms. The third kappa shape index (κ3) is 11.1. The molecule has 170 valence electrons. The number of hydrogen-bond donors (Lipinski definition) is 1. The molecular weight excluding hydrogens is 362 g/mol. The second-order valence-corrected chi connectivity index (χ2v) is 9.10. The Hall–Kier alpha value is -1.06. The van der Waals surface area contributed by atoms with Crippen LogP contribution in [0, 0.1) is 11.8 Å². The fourth-order valence-corrected chi connectivity index (χ4v) is 4.78. The molecule has 2 atom stereocenters. The molecule has 4 heteroatoms. The summed E-state index contributed by atoms with van der Waals surface area (Å²) in [5, 5.41) is 9.24. The molecule has 1 fully saturated rings. The van der Waals surface area contributed by atoms with Crippen molar-refractivity contribution in [3.05, 3.63) is 0 Å². The zero-order valence-electron chi connectivity index (χ0n) is 19.3. The molecule has 29 heavy (non-hydrogen) atoms. The van der Waals surface area contributed by atoms with Gasteiger partial charge in [-0.05, 0) is 25.2 Å². The minimum atomic E-state index is -1.07. The Bertz CT molecular complexity index is 438. The van der Waals surface area contributed by atoms with E-state index in [9.17, 15) is 14.7 Å². The van der Waals surface area contributed by atoms with Crippen molar-refractivity contribution < 1.29 is 14.7 Å². The highest BCUT2D eigenvalue weighted by molar-refractivity contribution is 5.94. The van der Waals surface area contributed by atoms with Crippen molar-refractivity contribution in [2.24, 2.45) is 11.8 Å². The van der Waals surface area contributed by atoms with Gasteiger partial charge in [-0.2, -0.15) is 0 Å². The molecule has 1 N–H and O–H groups in total. The Morgan fingerprint density at radius 2 is 1.24 bits per heavy atom. The lowest BCUT2D eigenvalue weighted by Crippen LogP contribution is -2.34. The van der Waals surface area contributed by atoms with Gasteiger partial charge in [0, 0.05) is 12.5 Å². The van der Waals surface area contributed by atoms with Crippen LogP contribution < -0.4 is 0 Å². The fourth-order valence-electron chi connectivity index (χ4n) is 4.78. The van der Waals surface area contributed by atoms with Gasteiger partial charge in [-0.3, -0.25) is 4.79 Å². The van der Waals surface area contributed by atoms with Crippen molar-refractivity contribution in [1.29, 1.82) is 0 Å². The maximum atomic E-state index is 12.6. The van der Waals surface area contributed by atoms with Crippen molar-refractivity contribution in [2.45, 2.75) is 129 Å². The molecule has 4 nitrogen and oxygen atoms in total. The molecule has 0 radical (unpaired) electrons. The highest BCUT2D eigenvalue weighted by Gasteiger charge is 2.39. The number of imide groups is 1. The van der Waals surface area contributed by atoms with Crippen LogP contribution in [-0.2, 0) is 4.79 Å². The molecule has 2 amide bonds. The molecule has 0 aromatic rings. The van der Waals surface area contributed by atoms with Gasteiger partial charge in [-0.1, -0.05) is 110 Å². The standard InChI is InChI=1S/C25H47NO3/c1-3-5-7-9-11-12-13-15-17-19-22(18-16-14-10-8-6-4-2)23-20-21-26(24(23)27)25(28)29/h22-23H,3-21H2,1-2H3,(H,28,29). The first-order valence-corrected chi connectivity index (χ1v) is 12.7. The van der Waals surface area contributed by atoms with Crippen molar-refractivity contribution >= 4 is 12.0 Å². The van der Waals surface area contributed by atoms with Crippen LogP contribution in [0.25, 0.3) is 0 Å². The summed E-state index contributed by atoms with van der Waals surface area (Å²) in [7, 11) is 0. The van der Waals surface area contributed by atoms with Crippen LogP contribution in [0.5, 0.6) is 0 Å². The van der Waals surface area contributed by atoms with Crippen LogP contribution in [0.1, 0.15) is 129 Å². The molecule has 0 saturated carbocycles. The lowest BCUT2D eigenvalue weighted by molar-refractivity contribution is -0.130. The van der Waals surface area contributed by atoms with Gasteiger partial charge in [0.05, 0.1) is 0 Å². The normalized spacial score (nSPS) is 17.8.